The van der Waals surface area contributed by atoms with Crippen LogP contribution in [-0.4, -0.2) is 18.1 Å². The lowest BCUT2D eigenvalue weighted by atomic mass is 9.97. The monoisotopic (exact) mass is 310 g/mol. The lowest BCUT2D eigenvalue weighted by Gasteiger charge is -2.21. The van der Waals surface area contributed by atoms with Crippen molar-refractivity contribution in [3.63, 3.8) is 0 Å². The van der Waals surface area contributed by atoms with Crippen LogP contribution in [0.3, 0.4) is 0 Å². The van der Waals surface area contributed by atoms with E-state index in [1.54, 1.807) is 0 Å². The van der Waals surface area contributed by atoms with E-state index in [0.29, 0.717) is 0 Å². The van der Waals surface area contributed by atoms with Crippen molar-refractivity contribution in [2.24, 2.45) is 5.92 Å². The number of aromatic nitrogens is 1. The van der Waals surface area contributed by atoms with E-state index in [2.05, 4.69) is 39.4 Å². The molecule has 4 heteroatoms. The molecule has 0 saturated carbocycles. The highest BCUT2D eigenvalue weighted by Gasteiger charge is 2.16. The molecule has 0 bridgehead atoms. The summed E-state index contributed by atoms with van der Waals surface area (Å²) < 4.78 is 2.40. The van der Waals surface area contributed by atoms with E-state index in [4.69, 9.17) is 4.98 Å². The third kappa shape index (κ3) is 2.54. The fourth-order valence-electron chi connectivity index (χ4n) is 2.39. The lowest BCUT2D eigenvalue weighted by molar-refractivity contribution is 0.376. The molecule has 17 heavy (non-hydrogen) atoms. The number of piperidine rings is 1. The molecule has 1 saturated heterocycles. The topological polar surface area (TPSA) is 24.9 Å². The number of rotatable bonds is 2. The fraction of sp³-hybridized carbons (Fsp3) is 0.462. The van der Waals surface area contributed by atoms with Crippen molar-refractivity contribution in [1.29, 1.82) is 0 Å². The van der Waals surface area contributed by atoms with Crippen LogP contribution in [0.2, 0.25) is 0 Å². The van der Waals surface area contributed by atoms with Gasteiger partial charge in [-0.05, 0) is 59.9 Å². The molecular formula is C13H15BrN2S. The molecule has 1 fully saturated rings. The minimum absolute atomic E-state index is 0.767. The van der Waals surface area contributed by atoms with Crippen LogP contribution in [0.25, 0.3) is 10.2 Å². The number of fused-ring (bicyclic) bond motifs is 1. The van der Waals surface area contributed by atoms with Crippen LogP contribution in [0.4, 0.5) is 0 Å². The summed E-state index contributed by atoms with van der Waals surface area (Å²) >= 11 is 5.40. The largest absolute Gasteiger partial charge is 0.316 e. The average Bonchev–Trinajstić information content (AvgIpc) is 2.74. The van der Waals surface area contributed by atoms with Crippen molar-refractivity contribution in [3.8, 4) is 0 Å². The predicted octanol–water partition coefficient (Wildman–Crippen LogP) is 3.60. The van der Waals surface area contributed by atoms with Crippen LogP contribution in [0.15, 0.2) is 22.7 Å². The maximum absolute atomic E-state index is 4.75. The summed E-state index contributed by atoms with van der Waals surface area (Å²) in [6, 6.07) is 6.30. The molecule has 1 unspecified atom stereocenters. The molecule has 1 aliphatic rings. The zero-order chi connectivity index (χ0) is 11.7. The number of para-hydroxylation sites is 1. The summed E-state index contributed by atoms with van der Waals surface area (Å²) in [4.78, 5) is 4.75. The smallest absolute Gasteiger partial charge is 0.0957 e. The van der Waals surface area contributed by atoms with Crippen LogP contribution < -0.4 is 5.32 Å². The molecular weight excluding hydrogens is 296 g/mol. The number of hydrogen-bond acceptors (Lipinski definition) is 3. The summed E-state index contributed by atoms with van der Waals surface area (Å²) in [5, 5.41) is 4.75. The first-order valence-corrected chi connectivity index (χ1v) is 7.68. The Morgan fingerprint density at radius 3 is 3.18 bits per heavy atom. The fourth-order valence-corrected chi connectivity index (χ4v) is 4.09. The molecule has 0 amide bonds. The molecule has 3 rings (SSSR count). The SMILES string of the molecule is Brc1cccc2sc(CC3CCCNC3)nc12. The minimum Gasteiger partial charge on any atom is -0.316 e. The maximum atomic E-state index is 4.75. The molecule has 1 atom stereocenters. The Morgan fingerprint density at radius 1 is 1.47 bits per heavy atom. The van der Waals surface area contributed by atoms with Gasteiger partial charge in [-0.3, -0.25) is 0 Å². The summed E-state index contributed by atoms with van der Waals surface area (Å²) in [6.45, 7) is 2.33. The number of thiazole rings is 1. The van der Waals surface area contributed by atoms with Crippen LogP contribution >= 0.6 is 27.3 Å². The highest BCUT2D eigenvalue weighted by atomic mass is 79.9. The van der Waals surface area contributed by atoms with Crippen LogP contribution in [0.1, 0.15) is 17.8 Å². The van der Waals surface area contributed by atoms with Gasteiger partial charge in [0.05, 0.1) is 15.2 Å². The Hall–Kier alpha value is -0.450. The molecule has 1 aliphatic heterocycles. The minimum atomic E-state index is 0.767. The van der Waals surface area contributed by atoms with Gasteiger partial charge in [-0.15, -0.1) is 11.3 Å². The summed E-state index contributed by atoms with van der Waals surface area (Å²) in [7, 11) is 0. The van der Waals surface area contributed by atoms with E-state index in [1.165, 1.54) is 29.1 Å². The third-order valence-corrected chi connectivity index (χ3v) is 4.96. The number of nitrogens with one attached hydrogen (secondary N) is 1. The van der Waals surface area contributed by atoms with Crippen LogP contribution in [0, 0.1) is 5.92 Å². The van der Waals surface area contributed by atoms with Gasteiger partial charge in [0, 0.05) is 10.9 Å². The average molecular weight is 311 g/mol. The van der Waals surface area contributed by atoms with E-state index < -0.39 is 0 Å². The first-order valence-electron chi connectivity index (χ1n) is 6.07. The number of benzene rings is 1. The van der Waals surface area contributed by atoms with Crippen molar-refractivity contribution in [2.75, 3.05) is 13.1 Å². The zero-order valence-electron chi connectivity index (χ0n) is 9.58. The van der Waals surface area contributed by atoms with E-state index in [0.717, 1.165) is 28.9 Å². The first-order chi connectivity index (χ1) is 8.33. The van der Waals surface area contributed by atoms with Gasteiger partial charge < -0.3 is 5.32 Å². The van der Waals surface area contributed by atoms with Crippen molar-refractivity contribution in [3.05, 3.63) is 27.7 Å². The lowest BCUT2D eigenvalue weighted by Crippen LogP contribution is -2.30. The third-order valence-electron chi connectivity index (χ3n) is 3.28. The Bertz CT molecular complexity index is 517. The Balaban J connectivity index is 1.83. The quantitative estimate of drug-likeness (QED) is 0.916. The van der Waals surface area contributed by atoms with Gasteiger partial charge in [0.15, 0.2) is 0 Å². The molecule has 0 radical (unpaired) electrons. The summed E-state index contributed by atoms with van der Waals surface area (Å²) in [5.41, 5.74) is 1.12. The summed E-state index contributed by atoms with van der Waals surface area (Å²) in [5.74, 6) is 0.767. The standard InChI is InChI=1S/C13H15BrN2S/c14-10-4-1-5-11-13(10)16-12(17-11)7-9-3-2-6-15-8-9/h1,4-5,9,15H,2-3,6-8H2. The van der Waals surface area contributed by atoms with E-state index >= 15 is 0 Å². The number of nitrogens with zero attached hydrogens (tertiary/aromatic N) is 1. The van der Waals surface area contributed by atoms with Crippen molar-refractivity contribution in [1.82, 2.24) is 10.3 Å². The normalized spacial score (nSPS) is 20.9. The van der Waals surface area contributed by atoms with E-state index in [-0.39, 0.29) is 0 Å². The molecule has 1 aromatic heterocycles. The van der Waals surface area contributed by atoms with Gasteiger partial charge in [-0.25, -0.2) is 4.98 Å². The molecule has 1 N–H and O–H groups in total. The molecule has 0 spiro atoms. The van der Waals surface area contributed by atoms with Gasteiger partial charge >= 0.3 is 0 Å². The second-order valence-electron chi connectivity index (χ2n) is 4.61. The first kappa shape index (κ1) is 11.6. The molecule has 2 aromatic rings. The van der Waals surface area contributed by atoms with Crippen molar-refractivity contribution in [2.45, 2.75) is 19.3 Å². The molecule has 2 nitrogen and oxygen atoms in total. The highest BCUT2D eigenvalue weighted by Crippen LogP contribution is 2.30. The number of halogens is 1. The molecule has 1 aromatic carbocycles. The van der Waals surface area contributed by atoms with Gasteiger partial charge in [0.25, 0.3) is 0 Å². The van der Waals surface area contributed by atoms with Gasteiger partial charge in [0.1, 0.15) is 0 Å². The number of hydrogen-bond donors (Lipinski definition) is 1. The molecule has 0 aliphatic carbocycles. The second-order valence-corrected chi connectivity index (χ2v) is 6.58. The Morgan fingerprint density at radius 2 is 2.41 bits per heavy atom. The van der Waals surface area contributed by atoms with Crippen LogP contribution in [-0.2, 0) is 6.42 Å². The van der Waals surface area contributed by atoms with Gasteiger partial charge in [-0.2, -0.15) is 0 Å². The van der Waals surface area contributed by atoms with E-state index in [9.17, 15) is 0 Å². The van der Waals surface area contributed by atoms with E-state index in [1.807, 2.05) is 11.3 Å². The predicted molar refractivity (Wildman–Crippen MR) is 76.6 cm³/mol. The second kappa shape index (κ2) is 5.04. The van der Waals surface area contributed by atoms with Crippen LogP contribution in [0.5, 0.6) is 0 Å². The Labute approximate surface area is 114 Å². The zero-order valence-corrected chi connectivity index (χ0v) is 12.0. The van der Waals surface area contributed by atoms with Gasteiger partial charge in [-0.1, -0.05) is 6.07 Å². The van der Waals surface area contributed by atoms with Crippen molar-refractivity contribution < 1.29 is 0 Å². The molecule has 2 heterocycles. The van der Waals surface area contributed by atoms with Crippen molar-refractivity contribution >= 4 is 37.5 Å². The van der Waals surface area contributed by atoms with Gasteiger partial charge in [0.2, 0.25) is 0 Å². The maximum Gasteiger partial charge on any atom is 0.0957 e. The summed E-state index contributed by atoms with van der Waals surface area (Å²) in [6.07, 6.45) is 3.77. The molecule has 90 valence electrons. The Kier molecular flexibility index (Phi) is 3.45. The highest BCUT2D eigenvalue weighted by molar-refractivity contribution is 9.10.